The predicted octanol–water partition coefficient (Wildman–Crippen LogP) is -0.772. The molecule has 1 aromatic rings. The van der Waals surface area contributed by atoms with Gasteiger partial charge in [0.25, 0.3) is 5.84 Å². The zero-order chi connectivity index (χ0) is 20.0. The van der Waals surface area contributed by atoms with Gasteiger partial charge in [0.2, 0.25) is 5.75 Å². The third kappa shape index (κ3) is 1.85. The lowest BCUT2D eigenvalue weighted by Gasteiger charge is -2.27. The van der Waals surface area contributed by atoms with Crippen molar-refractivity contribution in [2.75, 3.05) is 35.5 Å². The lowest BCUT2D eigenvalue weighted by Crippen LogP contribution is -2.90. The average Bonchev–Trinajstić information content (AvgIpc) is 3.28. The summed E-state index contributed by atoms with van der Waals surface area (Å²) < 4.78 is 27.2. The van der Waals surface area contributed by atoms with E-state index in [1.807, 2.05) is 0 Å². The molecule has 3 atom stereocenters. The summed E-state index contributed by atoms with van der Waals surface area (Å²) in [6.07, 6.45) is 0. The van der Waals surface area contributed by atoms with E-state index in [1.165, 1.54) is 35.5 Å². The summed E-state index contributed by atoms with van der Waals surface area (Å²) in [6.45, 7) is 0. The van der Waals surface area contributed by atoms with Crippen molar-refractivity contribution in [2.24, 2.45) is 16.6 Å². The van der Waals surface area contributed by atoms with E-state index in [4.69, 9.17) is 29.4 Å². The molecule has 0 spiro atoms. The van der Waals surface area contributed by atoms with Crippen LogP contribution in [-0.2, 0) is 9.47 Å². The van der Waals surface area contributed by atoms with Crippen molar-refractivity contribution in [3.63, 3.8) is 0 Å². The number of fused-ring (bicyclic) bond motifs is 1. The fourth-order valence-electron chi connectivity index (χ4n) is 4.38. The maximum Gasteiger partial charge on any atom is 0.342 e. The zero-order valence-corrected chi connectivity index (χ0v) is 15.7. The minimum atomic E-state index is -1.56. The van der Waals surface area contributed by atoms with Gasteiger partial charge in [0.1, 0.15) is 0 Å². The van der Waals surface area contributed by atoms with Crippen LogP contribution in [0.5, 0.6) is 17.2 Å². The Kier molecular flexibility index (Phi) is 4.18. The quantitative estimate of drug-likeness (QED) is 0.621. The van der Waals surface area contributed by atoms with Crippen LogP contribution >= 0.6 is 0 Å². The van der Waals surface area contributed by atoms with Gasteiger partial charge in [-0.15, -0.1) is 0 Å². The molecule has 9 nitrogen and oxygen atoms in total. The summed E-state index contributed by atoms with van der Waals surface area (Å²) in [7, 11) is 7.26. The molecule has 0 saturated heterocycles. The Hall–Kier alpha value is -3.01. The number of ether oxygens (including phenoxy) is 5. The van der Waals surface area contributed by atoms with Gasteiger partial charge in [0.15, 0.2) is 22.3 Å². The van der Waals surface area contributed by atoms with Crippen LogP contribution < -0.4 is 24.9 Å². The maximum atomic E-state index is 10.1. The molecule has 0 radical (unpaired) electrons. The molecule has 1 saturated carbocycles. The van der Waals surface area contributed by atoms with E-state index >= 15 is 0 Å². The molecule has 142 valence electrons. The summed E-state index contributed by atoms with van der Waals surface area (Å²) in [5.74, 6) is -0.850. The SMILES string of the molecule is COc1cc([C@@H]2[C@]3(C#N)C(N)=[NH+]C(OC)(OC)[C@]23C#N)cc(OC)c1OC. The standard InChI is InChI=1S/C18H20N4O5/c1-23-11-6-10(7-12(24-2)13(11)25-3)14-16(8-19)15(21)22-18(26-4,27-5)17(14,16)9-20/h6-7,14H,1-5H3,(H2,21,22)/p+1/t14-,16-,17-/m1/s1. The maximum absolute atomic E-state index is 10.1. The third-order valence-corrected chi connectivity index (χ3v) is 5.60. The lowest BCUT2D eigenvalue weighted by atomic mass is 9.93. The highest BCUT2D eigenvalue weighted by molar-refractivity contribution is 5.95. The van der Waals surface area contributed by atoms with E-state index in [9.17, 15) is 10.5 Å². The first-order valence-corrected chi connectivity index (χ1v) is 8.07. The molecule has 0 aromatic heterocycles. The molecule has 0 unspecified atom stereocenters. The molecule has 3 N–H and O–H groups in total. The number of hydrogen-bond acceptors (Lipinski definition) is 8. The second kappa shape index (κ2) is 6.02. The molecule has 1 heterocycles. The Labute approximate surface area is 156 Å². The molecule has 1 aliphatic carbocycles. The smallest absolute Gasteiger partial charge is 0.342 e. The number of rotatable bonds is 6. The van der Waals surface area contributed by atoms with E-state index in [-0.39, 0.29) is 5.84 Å². The van der Waals surface area contributed by atoms with Gasteiger partial charge in [0, 0.05) is 20.1 Å². The van der Waals surface area contributed by atoms with Crippen molar-refractivity contribution in [1.82, 2.24) is 0 Å². The first kappa shape index (κ1) is 18.8. The fraction of sp³-hybridized carbons (Fsp3) is 0.500. The lowest BCUT2D eigenvalue weighted by molar-refractivity contribution is -0.687. The van der Waals surface area contributed by atoms with Crippen molar-refractivity contribution in [2.45, 2.75) is 11.8 Å². The Morgan fingerprint density at radius 3 is 1.89 bits per heavy atom. The number of nitriles is 2. The topological polar surface area (TPSA) is 134 Å². The van der Waals surface area contributed by atoms with Gasteiger partial charge < -0.3 is 23.7 Å². The van der Waals surface area contributed by atoms with Crippen LogP contribution in [0, 0.1) is 33.5 Å². The monoisotopic (exact) mass is 373 g/mol. The predicted molar refractivity (Wildman–Crippen MR) is 91.8 cm³/mol. The minimum absolute atomic E-state index is 0.119. The number of amidine groups is 1. The fourth-order valence-corrected chi connectivity index (χ4v) is 4.38. The normalized spacial score (nSPS) is 29.7. The summed E-state index contributed by atoms with van der Waals surface area (Å²) in [4.78, 5) is 2.85. The third-order valence-electron chi connectivity index (χ3n) is 5.60. The summed E-state index contributed by atoms with van der Waals surface area (Å²) in [5.41, 5.74) is 4.05. The number of nitrogens with one attached hydrogen (secondary N) is 1. The van der Waals surface area contributed by atoms with Crippen molar-refractivity contribution in [1.29, 1.82) is 10.5 Å². The van der Waals surface area contributed by atoms with Gasteiger partial charge in [-0.25, -0.2) is 4.99 Å². The molecule has 3 rings (SSSR count). The number of nitrogens with zero attached hydrogens (tertiary/aromatic N) is 2. The van der Waals surface area contributed by atoms with Gasteiger partial charge in [0.05, 0.1) is 33.5 Å². The summed E-state index contributed by atoms with van der Waals surface area (Å²) in [6, 6.07) is 7.84. The van der Waals surface area contributed by atoms with Crippen molar-refractivity contribution in [3.05, 3.63) is 17.7 Å². The van der Waals surface area contributed by atoms with E-state index in [0.717, 1.165) is 0 Å². The Balaban J connectivity index is 2.27. The molecule has 2 aliphatic rings. The average molecular weight is 373 g/mol. The van der Waals surface area contributed by atoms with Crippen LogP contribution in [0.25, 0.3) is 0 Å². The van der Waals surface area contributed by atoms with E-state index in [2.05, 4.69) is 17.1 Å². The van der Waals surface area contributed by atoms with Crippen LogP contribution in [-0.4, -0.2) is 47.3 Å². The number of benzene rings is 1. The van der Waals surface area contributed by atoms with Gasteiger partial charge in [-0.1, -0.05) is 0 Å². The molecular formula is C18H21N4O5+. The highest BCUT2D eigenvalue weighted by Crippen LogP contribution is 2.78. The van der Waals surface area contributed by atoms with E-state index < -0.39 is 22.7 Å². The molecule has 9 heteroatoms. The van der Waals surface area contributed by atoms with E-state index in [1.54, 1.807) is 12.1 Å². The first-order chi connectivity index (χ1) is 12.9. The van der Waals surface area contributed by atoms with Crippen molar-refractivity contribution < 1.29 is 28.7 Å². The van der Waals surface area contributed by atoms with Crippen LogP contribution in [0.1, 0.15) is 11.5 Å². The molecule has 1 aromatic carbocycles. The van der Waals surface area contributed by atoms with E-state index in [0.29, 0.717) is 22.8 Å². The van der Waals surface area contributed by atoms with Gasteiger partial charge in [-0.3, -0.25) is 5.73 Å². The minimum Gasteiger partial charge on any atom is -0.493 e. The van der Waals surface area contributed by atoms with Crippen LogP contribution in [0.3, 0.4) is 0 Å². The molecule has 0 bridgehead atoms. The number of methoxy groups -OCH3 is 5. The first-order valence-electron chi connectivity index (χ1n) is 8.07. The van der Waals surface area contributed by atoms with Crippen LogP contribution in [0.2, 0.25) is 0 Å². The molecule has 1 aliphatic heterocycles. The van der Waals surface area contributed by atoms with Gasteiger partial charge in [-0.2, -0.15) is 10.5 Å². The molecular weight excluding hydrogens is 352 g/mol. The Morgan fingerprint density at radius 1 is 0.963 bits per heavy atom. The summed E-state index contributed by atoms with van der Waals surface area (Å²) in [5, 5.41) is 20.1. The van der Waals surface area contributed by atoms with Crippen molar-refractivity contribution in [3.8, 4) is 29.4 Å². The number of nitrogens with two attached hydrogens (primary N) is 1. The van der Waals surface area contributed by atoms with Crippen molar-refractivity contribution >= 4 is 5.84 Å². The van der Waals surface area contributed by atoms with Crippen LogP contribution in [0.4, 0.5) is 0 Å². The second-order valence-electron chi connectivity index (χ2n) is 6.29. The number of hydrogen-bond donors (Lipinski definition) is 2. The van der Waals surface area contributed by atoms with Crippen LogP contribution in [0.15, 0.2) is 12.1 Å². The highest BCUT2D eigenvalue weighted by atomic mass is 16.7. The Morgan fingerprint density at radius 2 is 1.52 bits per heavy atom. The molecule has 1 fully saturated rings. The Bertz CT molecular complexity index is 873. The molecule has 0 amide bonds. The largest absolute Gasteiger partial charge is 0.493 e. The zero-order valence-electron chi connectivity index (χ0n) is 15.7. The summed E-state index contributed by atoms with van der Waals surface area (Å²) >= 11 is 0. The second-order valence-corrected chi connectivity index (χ2v) is 6.29. The van der Waals surface area contributed by atoms with Gasteiger partial charge >= 0.3 is 5.91 Å². The highest BCUT2D eigenvalue weighted by Gasteiger charge is 2.97. The molecule has 27 heavy (non-hydrogen) atoms. The van der Waals surface area contributed by atoms with Gasteiger partial charge in [-0.05, 0) is 17.7 Å².